The van der Waals surface area contributed by atoms with E-state index < -0.39 is 54.2 Å². The van der Waals surface area contributed by atoms with Crippen molar-refractivity contribution in [2.24, 2.45) is 11.5 Å². The molecule has 0 aromatic carbocycles. The summed E-state index contributed by atoms with van der Waals surface area (Å²) in [5, 5.41) is 24.5. The maximum absolute atomic E-state index is 12.4. The first-order valence-electron chi connectivity index (χ1n) is 8.37. The van der Waals surface area contributed by atoms with Crippen LogP contribution in [-0.4, -0.2) is 71.1 Å². The zero-order chi connectivity index (χ0) is 21.0. The van der Waals surface area contributed by atoms with E-state index in [-0.39, 0.29) is 13.0 Å². The summed E-state index contributed by atoms with van der Waals surface area (Å²) in [6, 6.07) is -3.82. The highest BCUT2D eigenvalue weighted by molar-refractivity contribution is 5.95. The van der Waals surface area contributed by atoms with Gasteiger partial charge in [0.25, 0.3) is 0 Å². The van der Waals surface area contributed by atoms with Gasteiger partial charge >= 0.3 is 11.9 Å². The number of nitrogens with one attached hydrogen (secondary N) is 3. The van der Waals surface area contributed by atoms with Gasteiger partial charge in [0, 0.05) is 0 Å². The molecule has 154 valence electrons. The van der Waals surface area contributed by atoms with Gasteiger partial charge in [-0.2, -0.15) is 0 Å². The van der Waals surface area contributed by atoms with Crippen LogP contribution in [0.5, 0.6) is 0 Å². The Kier molecular flexibility index (Phi) is 11.3. The molecule has 0 radical (unpaired) electrons. The lowest BCUT2D eigenvalue weighted by atomic mass is 10.1. The molecule has 0 aromatic rings. The van der Waals surface area contributed by atoms with Crippen LogP contribution < -0.4 is 27.4 Å². The van der Waals surface area contributed by atoms with Crippen molar-refractivity contribution in [1.29, 1.82) is 0 Å². The largest absolute Gasteiger partial charge is 0.481 e. The molecule has 3 atom stereocenters. The van der Waals surface area contributed by atoms with Gasteiger partial charge in [0.2, 0.25) is 17.7 Å². The van der Waals surface area contributed by atoms with E-state index in [0.717, 1.165) is 0 Å². The minimum absolute atomic E-state index is 0.210. The van der Waals surface area contributed by atoms with E-state index in [0.29, 0.717) is 19.4 Å². The summed E-state index contributed by atoms with van der Waals surface area (Å²) in [7, 11) is 0. The summed E-state index contributed by atoms with van der Waals surface area (Å²) < 4.78 is 0. The number of rotatable bonds is 13. The van der Waals surface area contributed by atoms with Gasteiger partial charge in [-0.25, -0.2) is 0 Å². The Morgan fingerprint density at radius 2 is 1.48 bits per heavy atom. The molecule has 0 spiro atoms. The van der Waals surface area contributed by atoms with E-state index >= 15 is 0 Å². The lowest BCUT2D eigenvalue weighted by Crippen LogP contribution is -2.56. The van der Waals surface area contributed by atoms with Crippen LogP contribution in [0.25, 0.3) is 0 Å². The lowest BCUT2D eigenvalue weighted by Gasteiger charge is -2.23. The Morgan fingerprint density at radius 1 is 0.889 bits per heavy atom. The molecule has 9 N–H and O–H groups in total. The van der Waals surface area contributed by atoms with Crippen molar-refractivity contribution >= 4 is 29.7 Å². The number of nitrogens with two attached hydrogens (primary N) is 2. The summed E-state index contributed by atoms with van der Waals surface area (Å²) in [6.45, 7) is 1.23. The molecule has 0 rings (SSSR count). The van der Waals surface area contributed by atoms with Crippen molar-refractivity contribution in [2.75, 3.05) is 13.1 Å². The number of carbonyl (C=O) groups is 5. The Hall–Kier alpha value is -2.73. The van der Waals surface area contributed by atoms with E-state index in [4.69, 9.17) is 21.7 Å². The Labute approximate surface area is 156 Å². The van der Waals surface area contributed by atoms with Gasteiger partial charge in [0.15, 0.2) is 0 Å². The number of hydrogen-bond acceptors (Lipinski definition) is 7. The maximum atomic E-state index is 12.4. The molecule has 3 unspecified atom stereocenters. The molecular formula is C15H27N5O7. The summed E-state index contributed by atoms with van der Waals surface area (Å²) in [4.78, 5) is 57.8. The molecule has 3 amide bonds. The third-order valence-electron chi connectivity index (χ3n) is 3.52. The van der Waals surface area contributed by atoms with Crippen LogP contribution in [0.4, 0.5) is 0 Å². The fourth-order valence-electron chi connectivity index (χ4n) is 2.05. The number of carbonyl (C=O) groups excluding carboxylic acids is 3. The predicted octanol–water partition coefficient (Wildman–Crippen LogP) is -2.89. The van der Waals surface area contributed by atoms with Crippen LogP contribution in [-0.2, 0) is 24.0 Å². The van der Waals surface area contributed by atoms with Crippen LogP contribution in [0.2, 0.25) is 0 Å². The first-order chi connectivity index (χ1) is 12.6. The maximum Gasteiger partial charge on any atom is 0.325 e. The summed E-state index contributed by atoms with van der Waals surface area (Å²) in [5.41, 5.74) is 10.6. The molecular weight excluding hydrogens is 362 g/mol. The van der Waals surface area contributed by atoms with Gasteiger partial charge in [0.05, 0.1) is 13.0 Å². The highest BCUT2D eigenvalue weighted by atomic mass is 16.4. The second kappa shape index (κ2) is 12.6. The van der Waals surface area contributed by atoms with Crippen LogP contribution in [0, 0.1) is 0 Å². The fourth-order valence-corrected chi connectivity index (χ4v) is 2.05. The predicted molar refractivity (Wildman–Crippen MR) is 93.3 cm³/mol. The Balaban J connectivity index is 5.16. The van der Waals surface area contributed by atoms with Crippen molar-refractivity contribution in [3.8, 4) is 0 Å². The molecule has 0 heterocycles. The summed E-state index contributed by atoms with van der Waals surface area (Å²) in [5.74, 6) is -5.03. The van der Waals surface area contributed by atoms with Crippen LogP contribution in [0.3, 0.4) is 0 Å². The molecule has 27 heavy (non-hydrogen) atoms. The average molecular weight is 389 g/mol. The Morgan fingerprint density at radius 3 is 1.96 bits per heavy atom. The van der Waals surface area contributed by atoms with Crippen molar-refractivity contribution < 1.29 is 34.2 Å². The number of amides is 3. The lowest BCUT2D eigenvalue weighted by molar-refractivity contribution is -0.143. The van der Waals surface area contributed by atoms with Crippen molar-refractivity contribution in [3.05, 3.63) is 0 Å². The van der Waals surface area contributed by atoms with E-state index in [1.54, 1.807) is 0 Å². The second-order valence-electron chi connectivity index (χ2n) is 5.84. The van der Waals surface area contributed by atoms with Crippen molar-refractivity contribution in [2.45, 2.75) is 50.7 Å². The van der Waals surface area contributed by atoms with Crippen LogP contribution in [0.15, 0.2) is 0 Å². The minimum atomic E-state index is -1.51. The standard InChI is InChI=1S/C15H27N5O7/c1-8(15(26)27)18-14(25)10(6-12(22)23)20-13(24)9(4-2-3-5-16)19-11(21)7-17/h8-10H,2-7,16-17H2,1H3,(H,18,25)(H,19,21)(H,20,24)(H,22,23)(H,26,27). The van der Waals surface area contributed by atoms with E-state index in [9.17, 15) is 24.0 Å². The van der Waals surface area contributed by atoms with Crippen LogP contribution >= 0.6 is 0 Å². The molecule has 0 fully saturated rings. The number of carboxylic acid groups (broad SMARTS) is 2. The topological polar surface area (TPSA) is 214 Å². The smallest absolute Gasteiger partial charge is 0.325 e. The first-order valence-corrected chi connectivity index (χ1v) is 8.37. The molecule has 0 saturated heterocycles. The van der Waals surface area contributed by atoms with Gasteiger partial charge in [-0.15, -0.1) is 0 Å². The monoisotopic (exact) mass is 389 g/mol. The summed E-state index contributed by atoms with van der Waals surface area (Å²) in [6.07, 6.45) is 0.550. The zero-order valence-corrected chi connectivity index (χ0v) is 15.1. The van der Waals surface area contributed by atoms with Crippen molar-refractivity contribution in [3.63, 3.8) is 0 Å². The molecule has 0 aromatic heterocycles. The zero-order valence-electron chi connectivity index (χ0n) is 15.1. The number of unbranched alkanes of at least 4 members (excludes halogenated alkanes) is 1. The molecule has 0 aliphatic heterocycles. The van der Waals surface area contributed by atoms with Gasteiger partial charge in [-0.3, -0.25) is 24.0 Å². The van der Waals surface area contributed by atoms with Crippen molar-refractivity contribution in [1.82, 2.24) is 16.0 Å². The molecule has 12 nitrogen and oxygen atoms in total. The van der Waals surface area contributed by atoms with E-state index in [2.05, 4.69) is 16.0 Å². The number of hydrogen-bond donors (Lipinski definition) is 7. The third kappa shape index (κ3) is 10.1. The minimum Gasteiger partial charge on any atom is -0.481 e. The normalized spacial score (nSPS) is 13.7. The number of aliphatic carboxylic acids is 2. The average Bonchev–Trinajstić information content (AvgIpc) is 2.59. The molecule has 0 bridgehead atoms. The highest BCUT2D eigenvalue weighted by Gasteiger charge is 2.29. The van der Waals surface area contributed by atoms with Gasteiger partial charge in [-0.1, -0.05) is 0 Å². The first kappa shape index (κ1) is 24.3. The van der Waals surface area contributed by atoms with Crippen LogP contribution in [0.1, 0.15) is 32.6 Å². The second-order valence-corrected chi connectivity index (χ2v) is 5.84. The Bertz CT molecular complexity index is 555. The fraction of sp³-hybridized carbons (Fsp3) is 0.667. The molecule has 0 aliphatic carbocycles. The SMILES string of the molecule is CC(NC(=O)C(CC(=O)O)NC(=O)C(CCCCN)NC(=O)CN)C(=O)O. The van der Waals surface area contributed by atoms with E-state index in [1.807, 2.05) is 0 Å². The van der Waals surface area contributed by atoms with Gasteiger partial charge in [0.1, 0.15) is 18.1 Å². The van der Waals surface area contributed by atoms with Gasteiger partial charge in [-0.05, 0) is 32.7 Å². The molecule has 0 aliphatic rings. The highest BCUT2D eigenvalue weighted by Crippen LogP contribution is 2.03. The van der Waals surface area contributed by atoms with E-state index in [1.165, 1.54) is 6.92 Å². The molecule has 12 heteroatoms. The molecule has 0 saturated carbocycles. The number of carboxylic acids is 2. The van der Waals surface area contributed by atoms with Gasteiger partial charge < -0.3 is 37.6 Å². The quantitative estimate of drug-likeness (QED) is 0.161. The third-order valence-corrected chi connectivity index (χ3v) is 3.52. The summed E-state index contributed by atoms with van der Waals surface area (Å²) >= 11 is 0.